The van der Waals surface area contributed by atoms with Crippen LogP contribution in [-0.4, -0.2) is 35.9 Å². The van der Waals surface area contributed by atoms with E-state index in [1.54, 1.807) is 13.1 Å². The van der Waals surface area contributed by atoms with Crippen LogP contribution in [0.2, 0.25) is 5.02 Å². The molecule has 0 radical (unpaired) electrons. The maximum absolute atomic E-state index is 12.1. The van der Waals surface area contributed by atoms with E-state index in [1.807, 2.05) is 13.0 Å². The van der Waals surface area contributed by atoms with Gasteiger partial charge in [0, 0.05) is 26.3 Å². The zero-order chi connectivity index (χ0) is 13.5. The SMILES string of the molecule is CCNc1cc(C(=O)N(C)CCC#N)c(Cl)cn1. The second-order valence-corrected chi connectivity index (χ2v) is 4.12. The molecular weight excluding hydrogens is 252 g/mol. The minimum atomic E-state index is -0.211. The summed E-state index contributed by atoms with van der Waals surface area (Å²) >= 11 is 5.97. The third-order valence-electron chi connectivity index (χ3n) is 2.35. The van der Waals surface area contributed by atoms with Gasteiger partial charge in [-0.25, -0.2) is 4.98 Å². The third kappa shape index (κ3) is 3.60. The summed E-state index contributed by atoms with van der Waals surface area (Å²) in [6.07, 6.45) is 1.75. The number of nitriles is 1. The summed E-state index contributed by atoms with van der Waals surface area (Å²) in [6, 6.07) is 3.62. The second-order valence-electron chi connectivity index (χ2n) is 3.71. The van der Waals surface area contributed by atoms with Crippen molar-refractivity contribution in [2.75, 3.05) is 25.5 Å². The van der Waals surface area contributed by atoms with E-state index in [9.17, 15) is 4.79 Å². The van der Waals surface area contributed by atoms with Gasteiger partial charge < -0.3 is 10.2 Å². The summed E-state index contributed by atoms with van der Waals surface area (Å²) in [5, 5.41) is 11.8. The van der Waals surface area contributed by atoms with Gasteiger partial charge >= 0.3 is 0 Å². The number of anilines is 1. The van der Waals surface area contributed by atoms with Gasteiger partial charge in [0.1, 0.15) is 5.82 Å². The lowest BCUT2D eigenvalue weighted by atomic mass is 10.2. The number of rotatable bonds is 5. The average molecular weight is 267 g/mol. The maximum atomic E-state index is 12.1. The van der Waals surface area contributed by atoms with Crippen LogP contribution >= 0.6 is 11.6 Å². The van der Waals surface area contributed by atoms with Gasteiger partial charge in [-0.3, -0.25) is 4.79 Å². The van der Waals surface area contributed by atoms with Gasteiger partial charge in [-0.1, -0.05) is 11.6 Å². The molecule has 0 fully saturated rings. The van der Waals surface area contributed by atoms with E-state index < -0.39 is 0 Å². The summed E-state index contributed by atoms with van der Waals surface area (Å²) in [4.78, 5) is 17.6. The fourth-order valence-electron chi connectivity index (χ4n) is 1.41. The lowest BCUT2D eigenvalue weighted by Gasteiger charge is -2.16. The van der Waals surface area contributed by atoms with E-state index in [0.717, 1.165) is 0 Å². The molecule has 0 atom stereocenters. The van der Waals surface area contributed by atoms with Gasteiger partial charge in [0.05, 0.1) is 23.1 Å². The fourth-order valence-corrected chi connectivity index (χ4v) is 1.59. The van der Waals surface area contributed by atoms with Gasteiger partial charge in [-0.15, -0.1) is 0 Å². The molecule has 0 aliphatic rings. The highest BCUT2D eigenvalue weighted by Gasteiger charge is 2.16. The van der Waals surface area contributed by atoms with Gasteiger partial charge in [0.2, 0.25) is 0 Å². The zero-order valence-corrected chi connectivity index (χ0v) is 11.2. The monoisotopic (exact) mass is 266 g/mol. The van der Waals surface area contributed by atoms with Crippen LogP contribution in [0.25, 0.3) is 0 Å². The van der Waals surface area contributed by atoms with E-state index >= 15 is 0 Å². The molecule has 1 aromatic heterocycles. The first-order chi connectivity index (χ1) is 8.60. The van der Waals surface area contributed by atoms with Crippen LogP contribution in [0.15, 0.2) is 12.3 Å². The van der Waals surface area contributed by atoms with Crippen LogP contribution in [0, 0.1) is 11.3 Å². The van der Waals surface area contributed by atoms with Crippen molar-refractivity contribution in [3.63, 3.8) is 0 Å². The second kappa shape index (κ2) is 6.82. The van der Waals surface area contributed by atoms with Crippen molar-refractivity contribution in [3.8, 4) is 6.07 Å². The highest BCUT2D eigenvalue weighted by Crippen LogP contribution is 2.19. The largest absolute Gasteiger partial charge is 0.370 e. The Labute approximate surface area is 111 Å². The van der Waals surface area contributed by atoms with Crippen molar-refractivity contribution in [2.45, 2.75) is 13.3 Å². The number of halogens is 1. The van der Waals surface area contributed by atoms with E-state index in [2.05, 4.69) is 10.3 Å². The van der Waals surface area contributed by atoms with Gasteiger partial charge in [0.25, 0.3) is 5.91 Å². The highest BCUT2D eigenvalue weighted by molar-refractivity contribution is 6.33. The Morgan fingerprint density at radius 1 is 1.67 bits per heavy atom. The molecule has 1 rings (SSSR count). The Balaban J connectivity index is 2.90. The van der Waals surface area contributed by atoms with E-state index in [1.165, 1.54) is 11.1 Å². The number of nitrogens with one attached hydrogen (secondary N) is 1. The molecule has 6 heteroatoms. The highest BCUT2D eigenvalue weighted by atomic mass is 35.5. The third-order valence-corrected chi connectivity index (χ3v) is 2.65. The van der Waals surface area contributed by atoms with Gasteiger partial charge in [-0.2, -0.15) is 5.26 Å². The Morgan fingerprint density at radius 3 is 3.00 bits per heavy atom. The number of pyridine rings is 1. The van der Waals surface area contributed by atoms with Crippen molar-refractivity contribution in [1.82, 2.24) is 9.88 Å². The lowest BCUT2D eigenvalue weighted by Crippen LogP contribution is -2.28. The topological polar surface area (TPSA) is 69.0 Å². The molecule has 1 N–H and O–H groups in total. The predicted molar refractivity (Wildman–Crippen MR) is 70.6 cm³/mol. The molecule has 0 unspecified atom stereocenters. The Bertz CT molecular complexity index is 470. The smallest absolute Gasteiger partial charge is 0.255 e. The van der Waals surface area contributed by atoms with Crippen LogP contribution in [0.5, 0.6) is 0 Å². The molecular formula is C12H15ClN4O. The van der Waals surface area contributed by atoms with Crippen LogP contribution in [-0.2, 0) is 0 Å². The zero-order valence-electron chi connectivity index (χ0n) is 10.4. The molecule has 1 aromatic rings. The summed E-state index contributed by atoms with van der Waals surface area (Å²) in [5.41, 5.74) is 0.392. The van der Waals surface area contributed by atoms with Gasteiger partial charge in [0.15, 0.2) is 0 Å². The summed E-state index contributed by atoms with van der Waals surface area (Å²) in [6.45, 7) is 3.04. The van der Waals surface area contributed by atoms with Crippen molar-refractivity contribution in [3.05, 3.63) is 22.8 Å². The summed E-state index contributed by atoms with van der Waals surface area (Å²) in [7, 11) is 1.64. The Morgan fingerprint density at radius 2 is 2.39 bits per heavy atom. The predicted octanol–water partition coefficient (Wildman–Crippen LogP) is 2.15. The van der Waals surface area contributed by atoms with Crippen molar-refractivity contribution in [2.24, 2.45) is 0 Å². The Hall–Kier alpha value is -1.80. The standard InChI is InChI=1S/C12H15ClN4O/c1-3-15-11-7-9(10(13)8-16-11)12(18)17(2)6-4-5-14/h7-8H,3-4,6H2,1-2H3,(H,15,16). The van der Waals surface area contributed by atoms with Crippen LogP contribution in [0.3, 0.4) is 0 Å². The summed E-state index contributed by atoms with van der Waals surface area (Å²) in [5.74, 6) is 0.399. The van der Waals surface area contributed by atoms with E-state index in [0.29, 0.717) is 35.9 Å². The molecule has 0 bridgehead atoms. The normalized spacial score (nSPS) is 9.67. The molecule has 18 heavy (non-hydrogen) atoms. The number of hydrogen-bond donors (Lipinski definition) is 1. The molecule has 0 saturated heterocycles. The molecule has 1 amide bonds. The molecule has 0 aromatic carbocycles. The number of nitrogens with zero attached hydrogens (tertiary/aromatic N) is 3. The minimum absolute atomic E-state index is 0.211. The molecule has 0 saturated carbocycles. The minimum Gasteiger partial charge on any atom is -0.370 e. The number of aromatic nitrogens is 1. The molecule has 1 heterocycles. The van der Waals surface area contributed by atoms with Crippen molar-refractivity contribution in [1.29, 1.82) is 5.26 Å². The quantitative estimate of drug-likeness (QED) is 0.887. The van der Waals surface area contributed by atoms with Crippen molar-refractivity contribution < 1.29 is 4.79 Å². The molecule has 96 valence electrons. The summed E-state index contributed by atoms with van der Waals surface area (Å²) < 4.78 is 0. The first kappa shape index (κ1) is 14.3. The average Bonchev–Trinajstić information content (AvgIpc) is 2.37. The van der Waals surface area contributed by atoms with Crippen LogP contribution < -0.4 is 5.32 Å². The van der Waals surface area contributed by atoms with E-state index in [-0.39, 0.29) is 5.91 Å². The van der Waals surface area contributed by atoms with Crippen LogP contribution in [0.1, 0.15) is 23.7 Å². The number of amides is 1. The first-order valence-corrected chi connectivity index (χ1v) is 5.99. The molecule has 0 aliphatic heterocycles. The molecule has 0 aliphatic carbocycles. The van der Waals surface area contributed by atoms with E-state index in [4.69, 9.17) is 16.9 Å². The fraction of sp³-hybridized carbons (Fsp3) is 0.417. The molecule has 5 nitrogen and oxygen atoms in total. The first-order valence-electron chi connectivity index (χ1n) is 5.62. The molecule has 0 spiro atoms. The number of carbonyl (C=O) groups excluding carboxylic acids is 1. The number of hydrogen-bond acceptors (Lipinski definition) is 4. The Kier molecular flexibility index (Phi) is 5.40. The maximum Gasteiger partial charge on any atom is 0.255 e. The number of carbonyl (C=O) groups is 1. The van der Waals surface area contributed by atoms with Crippen molar-refractivity contribution >= 4 is 23.3 Å². The van der Waals surface area contributed by atoms with Gasteiger partial charge in [-0.05, 0) is 13.0 Å². The lowest BCUT2D eigenvalue weighted by molar-refractivity contribution is 0.0798. The van der Waals surface area contributed by atoms with Crippen LogP contribution in [0.4, 0.5) is 5.82 Å².